The molecule has 2 heterocycles. The molecule has 0 fully saturated rings. The van der Waals surface area contributed by atoms with E-state index in [2.05, 4.69) is 20.5 Å². The fourth-order valence-electron chi connectivity index (χ4n) is 2.72. The summed E-state index contributed by atoms with van der Waals surface area (Å²) in [6.07, 6.45) is 4.39. The quantitative estimate of drug-likeness (QED) is 0.530. The third-order valence-corrected chi connectivity index (χ3v) is 4.23. The van der Waals surface area contributed by atoms with E-state index in [1.807, 2.05) is 42.5 Å². The number of ether oxygens (including phenoxy) is 1. The zero-order valence-corrected chi connectivity index (χ0v) is 15.8. The van der Waals surface area contributed by atoms with E-state index in [0.29, 0.717) is 25.2 Å². The molecule has 0 aliphatic carbocycles. The fourth-order valence-corrected chi connectivity index (χ4v) is 2.72. The second kappa shape index (κ2) is 9.66. The molecule has 0 aliphatic heterocycles. The van der Waals surface area contributed by atoms with Crippen molar-refractivity contribution in [3.8, 4) is 17.1 Å². The molecule has 0 bridgehead atoms. The summed E-state index contributed by atoms with van der Waals surface area (Å²) in [5, 5.41) is 18.5. The zero-order valence-electron chi connectivity index (χ0n) is 15.8. The molecule has 7 heteroatoms. The van der Waals surface area contributed by atoms with E-state index in [1.54, 1.807) is 19.3 Å². The van der Waals surface area contributed by atoms with Crippen LogP contribution in [0.3, 0.4) is 0 Å². The Hall–Kier alpha value is -3.19. The molecule has 0 spiro atoms. The number of carbonyl (C=O) groups excluding carboxylic acids is 1. The molecule has 3 rings (SSSR count). The van der Waals surface area contributed by atoms with Gasteiger partial charge in [0.2, 0.25) is 5.91 Å². The van der Waals surface area contributed by atoms with Gasteiger partial charge in [-0.3, -0.25) is 14.9 Å². The third-order valence-electron chi connectivity index (χ3n) is 4.23. The lowest BCUT2D eigenvalue weighted by Crippen LogP contribution is -2.35. The van der Waals surface area contributed by atoms with E-state index in [-0.39, 0.29) is 18.6 Å². The Morgan fingerprint density at radius 3 is 2.82 bits per heavy atom. The standard InChI is InChI=1S/C21H24N4O3/c1-15(13-26)24-21(27)8-5-16-3-2-4-17(11-16)14-28-18-6-7-19(22-12-18)20-9-10-23-25-20/h2-4,6-7,9-12,15,26H,5,8,13-14H2,1H3,(H,23,25)(H,24,27)/t15-/m0/s1. The lowest BCUT2D eigenvalue weighted by Gasteiger charge is -2.11. The maximum atomic E-state index is 11.8. The molecule has 1 aromatic carbocycles. The Labute approximate surface area is 163 Å². The normalized spacial score (nSPS) is 11.8. The Kier molecular flexibility index (Phi) is 6.75. The number of hydrogen-bond acceptors (Lipinski definition) is 5. The summed E-state index contributed by atoms with van der Waals surface area (Å²) in [4.78, 5) is 16.2. The second-order valence-corrected chi connectivity index (χ2v) is 6.61. The Bertz CT molecular complexity index is 879. The van der Waals surface area contributed by atoms with Gasteiger partial charge < -0.3 is 15.2 Å². The van der Waals surface area contributed by atoms with Crippen LogP contribution in [0.5, 0.6) is 5.75 Å². The summed E-state index contributed by atoms with van der Waals surface area (Å²) in [7, 11) is 0. The predicted molar refractivity (Wildman–Crippen MR) is 106 cm³/mol. The molecular weight excluding hydrogens is 356 g/mol. The largest absolute Gasteiger partial charge is 0.487 e. The molecule has 0 radical (unpaired) electrons. The first kappa shape index (κ1) is 19.6. The smallest absolute Gasteiger partial charge is 0.220 e. The number of hydrogen-bond donors (Lipinski definition) is 3. The Morgan fingerprint density at radius 1 is 1.25 bits per heavy atom. The summed E-state index contributed by atoms with van der Waals surface area (Å²) in [5.41, 5.74) is 3.76. The first-order valence-corrected chi connectivity index (χ1v) is 9.20. The number of aryl methyl sites for hydroxylation is 1. The number of carbonyl (C=O) groups is 1. The highest BCUT2D eigenvalue weighted by atomic mass is 16.5. The van der Waals surface area contributed by atoms with Crippen LogP contribution in [0, 0.1) is 0 Å². The van der Waals surface area contributed by atoms with Crippen molar-refractivity contribution in [1.82, 2.24) is 20.5 Å². The molecule has 0 aliphatic rings. The van der Waals surface area contributed by atoms with Crippen LogP contribution in [0.25, 0.3) is 11.4 Å². The van der Waals surface area contributed by atoms with Gasteiger partial charge in [-0.2, -0.15) is 5.10 Å². The molecule has 1 amide bonds. The van der Waals surface area contributed by atoms with Gasteiger partial charge in [-0.05, 0) is 42.7 Å². The lowest BCUT2D eigenvalue weighted by molar-refractivity contribution is -0.121. The summed E-state index contributed by atoms with van der Waals surface area (Å²) >= 11 is 0. The summed E-state index contributed by atoms with van der Waals surface area (Å²) < 4.78 is 5.82. The van der Waals surface area contributed by atoms with Gasteiger partial charge in [0.15, 0.2) is 0 Å². The molecule has 3 N–H and O–H groups in total. The molecule has 1 atom stereocenters. The molecule has 146 valence electrons. The highest BCUT2D eigenvalue weighted by molar-refractivity contribution is 5.76. The van der Waals surface area contributed by atoms with E-state index in [9.17, 15) is 4.79 Å². The number of aromatic nitrogens is 3. The van der Waals surface area contributed by atoms with Gasteiger partial charge >= 0.3 is 0 Å². The van der Waals surface area contributed by atoms with Crippen molar-refractivity contribution in [1.29, 1.82) is 0 Å². The Balaban J connectivity index is 1.51. The van der Waals surface area contributed by atoms with Crippen molar-refractivity contribution in [2.75, 3.05) is 6.61 Å². The van der Waals surface area contributed by atoms with Crippen LogP contribution in [0.2, 0.25) is 0 Å². The number of rotatable bonds is 9. The van der Waals surface area contributed by atoms with E-state index in [1.165, 1.54) is 0 Å². The van der Waals surface area contributed by atoms with Gasteiger partial charge in [-0.1, -0.05) is 24.3 Å². The van der Waals surface area contributed by atoms with Gasteiger partial charge in [0.25, 0.3) is 0 Å². The van der Waals surface area contributed by atoms with Crippen molar-refractivity contribution in [2.45, 2.75) is 32.4 Å². The number of nitrogens with one attached hydrogen (secondary N) is 2. The number of aliphatic hydroxyl groups is 1. The molecule has 0 saturated heterocycles. The average molecular weight is 380 g/mol. The van der Waals surface area contributed by atoms with Crippen molar-refractivity contribution in [2.24, 2.45) is 0 Å². The SMILES string of the molecule is C[C@@H](CO)NC(=O)CCc1cccc(COc2ccc(-c3ccn[nH]3)nc2)c1. The number of H-pyrrole nitrogens is 1. The van der Waals surface area contributed by atoms with Crippen molar-refractivity contribution in [3.63, 3.8) is 0 Å². The summed E-state index contributed by atoms with van der Waals surface area (Å²) in [6.45, 7) is 2.13. The topological polar surface area (TPSA) is 100 Å². The van der Waals surface area contributed by atoms with Crippen molar-refractivity contribution in [3.05, 3.63) is 66.0 Å². The van der Waals surface area contributed by atoms with Gasteiger partial charge in [-0.25, -0.2) is 0 Å². The van der Waals surface area contributed by atoms with E-state index < -0.39 is 0 Å². The zero-order chi connectivity index (χ0) is 19.8. The summed E-state index contributed by atoms with van der Waals surface area (Å²) in [6, 6.07) is 13.4. The van der Waals surface area contributed by atoms with Gasteiger partial charge in [0.05, 0.1) is 24.2 Å². The van der Waals surface area contributed by atoms with Crippen LogP contribution in [0.15, 0.2) is 54.9 Å². The van der Waals surface area contributed by atoms with Crippen LogP contribution in [0.4, 0.5) is 0 Å². The Morgan fingerprint density at radius 2 is 2.11 bits per heavy atom. The number of nitrogens with zero attached hydrogens (tertiary/aromatic N) is 2. The summed E-state index contributed by atoms with van der Waals surface area (Å²) in [5.74, 6) is 0.623. The van der Waals surface area contributed by atoms with Crippen molar-refractivity contribution >= 4 is 5.91 Å². The number of amides is 1. The van der Waals surface area contributed by atoms with Crippen LogP contribution in [-0.2, 0) is 17.8 Å². The van der Waals surface area contributed by atoms with E-state index >= 15 is 0 Å². The lowest BCUT2D eigenvalue weighted by atomic mass is 10.1. The molecule has 28 heavy (non-hydrogen) atoms. The molecule has 0 saturated carbocycles. The minimum atomic E-state index is -0.222. The molecule has 3 aromatic rings. The monoisotopic (exact) mass is 380 g/mol. The molecule has 0 unspecified atom stereocenters. The average Bonchev–Trinajstić information content (AvgIpc) is 3.26. The maximum Gasteiger partial charge on any atom is 0.220 e. The molecule has 2 aromatic heterocycles. The predicted octanol–water partition coefficient (Wildman–Crippen LogP) is 2.48. The van der Waals surface area contributed by atoms with Crippen LogP contribution < -0.4 is 10.1 Å². The highest BCUT2D eigenvalue weighted by Crippen LogP contribution is 2.18. The van der Waals surface area contributed by atoms with Gasteiger partial charge in [0.1, 0.15) is 12.4 Å². The first-order chi connectivity index (χ1) is 13.6. The number of aliphatic hydroxyl groups excluding tert-OH is 1. The number of aromatic amines is 1. The number of pyridine rings is 1. The fraction of sp³-hybridized carbons (Fsp3) is 0.286. The number of benzene rings is 1. The van der Waals surface area contributed by atoms with Gasteiger partial charge in [0, 0.05) is 18.7 Å². The maximum absolute atomic E-state index is 11.8. The van der Waals surface area contributed by atoms with Crippen LogP contribution in [-0.4, -0.2) is 38.8 Å². The van der Waals surface area contributed by atoms with Crippen LogP contribution in [0.1, 0.15) is 24.5 Å². The molecule has 7 nitrogen and oxygen atoms in total. The van der Waals surface area contributed by atoms with E-state index in [4.69, 9.17) is 9.84 Å². The third kappa shape index (κ3) is 5.65. The first-order valence-electron chi connectivity index (χ1n) is 9.20. The van der Waals surface area contributed by atoms with E-state index in [0.717, 1.165) is 22.5 Å². The minimum Gasteiger partial charge on any atom is -0.487 e. The molecular formula is C21H24N4O3. The van der Waals surface area contributed by atoms with Crippen LogP contribution >= 0.6 is 0 Å². The second-order valence-electron chi connectivity index (χ2n) is 6.61. The minimum absolute atomic E-state index is 0.0592. The van der Waals surface area contributed by atoms with Gasteiger partial charge in [-0.15, -0.1) is 0 Å². The highest BCUT2D eigenvalue weighted by Gasteiger charge is 2.07. The van der Waals surface area contributed by atoms with Crippen molar-refractivity contribution < 1.29 is 14.6 Å².